The number of ether oxygens (including phenoxy) is 1. The van der Waals surface area contributed by atoms with Gasteiger partial charge >= 0.3 is 6.18 Å². The molecule has 6 rings (SSSR count). The van der Waals surface area contributed by atoms with Crippen molar-refractivity contribution in [1.29, 1.82) is 5.26 Å². The highest BCUT2D eigenvalue weighted by atomic mass is 32.1. The van der Waals surface area contributed by atoms with Gasteiger partial charge in [0.15, 0.2) is 10.9 Å². The van der Waals surface area contributed by atoms with Gasteiger partial charge in [-0.1, -0.05) is 24.3 Å². The monoisotopic (exact) mass is 808 g/mol. The number of benzene rings is 2. The summed E-state index contributed by atoms with van der Waals surface area (Å²) in [6.07, 6.45) is -0.0579. The minimum Gasteiger partial charge on any atom is -0.377 e. The van der Waals surface area contributed by atoms with Gasteiger partial charge in [-0.05, 0) is 108 Å². The van der Waals surface area contributed by atoms with Crippen LogP contribution >= 0.6 is 12.2 Å². The standard InChI is InChI=1S/C42H51F3N6O5S/c1-26-23-48(24-27(2)49(26)25-34(52)20-29-7-5-6-28(18-29)19-30-9-15-37(53)47-38(30)54)16-17-56-35-13-11-32(12-14-35)51-40(57)50(39(55)41(51,3)4)33-10-8-31(22-46)36(21-33)42(43,44)45/h5-8,10,18,21,26-27,30,32,35H,9,11-17,19-20,23-25H2,1-4H3,(H,47,53,54)/t26-,27+,30-,32?,35?/m0/s1. The maximum absolute atomic E-state index is 13.7. The number of ketones is 1. The van der Waals surface area contributed by atoms with Gasteiger partial charge in [-0.15, -0.1) is 0 Å². The van der Waals surface area contributed by atoms with Crippen LogP contribution in [0.5, 0.6) is 0 Å². The van der Waals surface area contributed by atoms with Crippen LogP contribution in [0.3, 0.4) is 0 Å². The normalized spacial score (nSPS) is 26.1. The third kappa shape index (κ3) is 9.57. The molecule has 2 aromatic carbocycles. The quantitative estimate of drug-likeness (QED) is 0.220. The highest BCUT2D eigenvalue weighted by Gasteiger charge is 2.52. The number of carbonyl (C=O) groups is 4. The number of halogens is 3. The summed E-state index contributed by atoms with van der Waals surface area (Å²) in [7, 11) is 0. The summed E-state index contributed by atoms with van der Waals surface area (Å²) in [4.78, 5) is 58.3. The molecule has 0 unspecified atom stereocenters. The van der Waals surface area contributed by atoms with Crippen LogP contribution in [0.25, 0.3) is 0 Å². The van der Waals surface area contributed by atoms with Crippen LogP contribution in [0.15, 0.2) is 42.5 Å². The maximum atomic E-state index is 13.7. The first kappa shape index (κ1) is 42.4. The number of imide groups is 1. The number of carbonyl (C=O) groups excluding carboxylic acids is 4. The molecule has 11 nitrogen and oxygen atoms in total. The lowest BCUT2D eigenvalue weighted by Gasteiger charge is -2.44. The molecule has 15 heteroatoms. The van der Waals surface area contributed by atoms with Crippen molar-refractivity contribution in [2.24, 2.45) is 5.92 Å². The Labute approximate surface area is 337 Å². The fourth-order valence-electron chi connectivity index (χ4n) is 9.00. The highest BCUT2D eigenvalue weighted by Crippen LogP contribution is 2.40. The number of amides is 3. The van der Waals surface area contributed by atoms with Crippen molar-refractivity contribution in [2.75, 3.05) is 37.7 Å². The molecule has 1 N–H and O–H groups in total. The number of Topliss-reactive ketones (excluding diaryl/α,β-unsaturated/α-hetero) is 1. The average Bonchev–Trinajstić information content (AvgIpc) is 3.32. The Bertz CT molecular complexity index is 1910. The minimum atomic E-state index is -4.76. The van der Waals surface area contributed by atoms with Crippen molar-refractivity contribution in [3.05, 3.63) is 64.7 Å². The summed E-state index contributed by atoms with van der Waals surface area (Å²) in [5.74, 6) is -0.974. The van der Waals surface area contributed by atoms with Crippen molar-refractivity contribution in [1.82, 2.24) is 20.0 Å². The molecule has 1 aliphatic carbocycles. The van der Waals surface area contributed by atoms with Gasteiger partial charge in [0.2, 0.25) is 11.8 Å². The van der Waals surface area contributed by atoms with Crippen molar-refractivity contribution in [2.45, 2.75) is 115 Å². The first-order chi connectivity index (χ1) is 27.0. The van der Waals surface area contributed by atoms with E-state index in [0.717, 1.165) is 55.7 Å². The van der Waals surface area contributed by atoms with Crippen LogP contribution in [0, 0.1) is 17.2 Å². The third-order valence-corrected chi connectivity index (χ3v) is 12.3. The second-order valence-electron chi connectivity index (χ2n) is 16.5. The van der Waals surface area contributed by atoms with Crippen LogP contribution in [0.1, 0.15) is 88.5 Å². The molecule has 3 saturated heterocycles. The highest BCUT2D eigenvalue weighted by molar-refractivity contribution is 7.80. The van der Waals surface area contributed by atoms with Gasteiger partial charge in [0.1, 0.15) is 5.54 Å². The van der Waals surface area contributed by atoms with Crippen LogP contribution in [-0.4, -0.2) is 106 Å². The first-order valence-corrected chi connectivity index (χ1v) is 20.2. The van der Waals surface area contributed by atoms with Crippen LogP contribution in [0.2, 0.25) is 0 Å². The van der Waals surface area contributed by atoms with E-state index in [1.165, 1.54) is 11.0 Å². The number of piperidine rings is 1. The Morgan fingerprint density at radius 2 is 1.68 bits per heavy atom. The van der Waals surface area contributed by atoms with E-state index in [4.69, 9.17) is 17.0 Å². The number of alkyl halides is 3. The van der Waals surface area contributed by atoms with Crippen molar-refractivity contribution < 1.29 is 37.1 Å². The molecular formula is C42H51F3N6O5S. The smallest absolute Gasteiger partial charge is 0.377 e. The van der Waals surface area contributed by atoms with Gasteiger partial charge in [0, 0.05) is 56.5 Å². The number of nitrogens with zero attached hydrogens (tertiary/aromatic N) is 5. The van der Waals surface area contributed by atoms with Gasteiger partial charge in [-0.25, -0.2) is 0 Å². The Morgan fingerprint density at radius 3 is 2.33 bits per heavy atom. The van der Waals surface area contributed by atoms with E-state index < -0.39 is 28.7 Å². The van der Waals surface area contributed by atoms with Crippen LogP contribution in [-0.2, 0) is 42.9 Å². The third-order valence-electron chi connectivity index (χ3n) is 11.9. The van der Waals surface area contributed by atoms with E-state index >= 15 is 0 Å². The summed E-state index contributed by atoms with van der Waals surface area (Å²) < 4.78 is 47.5. The largest absolute Gasteiger partial charge is 0.417 e. The predicted molar refractivity (Wildman–Crippen MR) is 211 cm³/mol. The van der Waals surface area contributed by atoms with Gasteiger partial charge in [0.05, 0.1) is 42.1 Å². The maximum Gasteiger partial charge on any atom is 0.417 e. The number of nitriles is 1. The lowest BCUT2D eigenvalue weighted by Crippen LogP contribution is -2.58. The molecule has 0 spiro atoms. The van der Waals surface area contributed by atoms with Gasteiger partial charge < -0.3 is 9.64 Å². The zero-order chi connectivity index (χ0) is 41.2. The summed E-state index contributed by atoms with van der Waals surface area (Å²) in [5, 5.41) is 11.8. The Kier molecular flexibility index (Phi) is 12.9. The second-order valence-corrected chi connectivity index (χ2v) is 16.9. The Hall–Kier alpha value is -4.23. The van der Waals surface area contributed by atoms with Gasteiger partial charge in [-0.3, -0.25) is 39.2 Å². The Morgan fingerprint density at radius 1 is 1.00 bits per heavy atom. The molecule has 3 heterocycles. The molecule has 3 atom stereocenters. The van der Waals surface area contributed by atoms with Crippen molar-refractivity contribution in [3.63, 3.8) is 0 Å². The van der Waals surface area contributed by atoms with E-state index in [-0.39, 0.29) is 58.5 Å². The van der Waals surface area contributed by atoms with E-state index in [2.05, 4.69) is 29.0 Å². The summed E-state index contributed by atoms with van der Waals surface area (Å²) >= 11 is 5.74. The Balaban J connectivity index is 0.943. The second kappa shape index (κ2) is 17.3. The molecule has 4 aliphatic rings. The molecule has 0 bridgehead atoms. The molecule has 3 amide bonds. The molecule has 1 saturated carbocycles. The van der Waals surface area contributed by atoms with E-state index in [1.807, 2.05) is 29.2 Å². The molecule has 57 heavy (non-hydrogen) atoms. The molecule has 4 fully saturated rings. The molecular weight excluding hydrogens is 758 g/mol. The van der Waals surface area contributed by atoms with Crippen LogP contribution < -0.4 is 10.2 Å². The SMILES string of the molecule is C[C@@H]1CN(CCOC2CCC(N3C(=S)N(c4ccc(C#N)c(C(F)(F)F)c4)C(=O)C3(C)C)CC2)C[C@H](C)N1CC(=O)Cc1cccc(C[C@@H]2CCC(=O)NC2=O)c1. The lowest BCUT2D eigenvalue weighted by atomic mass is 9.89. The molecule has 0 radical (unpaired) electrons. The fourth-order valence-corrected chi connectivity index (χ4v) is 9.57. The number of piperazine rings is 1. The van der Waals surface area contributed by atoms with Gasteiger partial charge in [-0.2, -0.15) is 18.4 Å². The first-order valence-electron chi connectivity index (χ1n) is 19.8. The van der Waals surface area contributed by atoms with Crippen molar-refractivity contribution >= 4 is 46.5 Å². The lowest BCUT2D eigenvalue weighted by molar-refractivity contribution is -0.138. The number of hydrogen-bond donors (Lipinski definition) is 1. The number of hydrogen-bond acceptors (Lipinski definition) is 9. The fraction of sp³-hybridized carbons (Fsp3) is 0.571. The number of rotatable bonds is 12. The summed E-state index contributed by atoms with van der Waals surface area (Å²) in [6.45, 7) is 11.1. The number of nitrogens with one attached hydrogen (secondary N) is 1. The van der Waals surface area contributed by atoms with Crippen LogP contribution in [0.4, 0.5) is 18.9 Å². The number of anilines is 1. The molecule has 0 aromatic heterocycles. The van der Waals surface area contributed by atoms with E-state index in [9.17, 15) is 37.6 Å². The van der Waals surface area contributed by atoms with Crippen molar-refractivity contribution in [3.8, 4) is 6.07 Å². The minimum absolute atomic E-state index is 0.00825. The van der Waals surface area contributed by atoms with E-state index in [1.54, 1.807) is 19.9 Å². The zero-order valence-electron chi connectivity index (χ0n) is 32.9. The average molecular weight is 809 g/mol. The van der Waals surface area contributed by atoms with Gasteiger partial charge in [0.25, 0.3) is 5.91 Å². The molecule has 2 aromatic rings. The summed E-state index contributed by atoms with van der Waals surface area (Å²) in [5.41, 5.74) is -0.788. The summed E-state index contributed by atoms with van der Waals surface area (Å²) in [6, 6.07) is 12.9. The topological polar surface area (TPSA) is 126 Å². The van der Waals surface area contributed by atoms with E-state index in [0.29, 0.717) is 51.7 Å². The molecule has 3 aliphatic heterocycles. The zero-order valence-corrected chi connectivity index (χ0v) is 33.8. The molecule has 306 valence electrons. The number of thiocarbonyl (C=S) groups is 1. The predicted octanol–water partition coefficient (Wildman–Crippen LogP) is 5.42.